The van der Waals surface area contributed by atoms with Crippen LogP contribution in [0.3, 0.4) is 0 Å². The number of carbonyl (C=O) groups is 1. The molecule has 3 rings (SSSR count). The van der Waals surface area contributed by atoms with Gasteiger partial charge in [0.25, 0.3) is 0 Å². The Balaban J connectivity index is 2.14. The van der Waals surface area contributed by atoms with Gasteiger partial charge in [-0.05, 0) is 42.0 Å². The first kappa shape index (κ1) is 11.5. The molecule has 0 aromatic heterocycles. The SMILES string of the molecule is Cc1ccc2ccccc2c1C(=O)C(C)C1CC1. The molecule has 18 heavy (non-hydrogen) atoms. The molecule has 0 heterocycles. The van der Waals surface area contributed by atoms with Gasteiger partial charge >= 0.3 is 0 Å². The van der Waals surface area contributed by atoms with E-state index in [1.54, 1.807) is 0 Å². The van der Waals surface area contributed by atoms with Gasteiger partial charge in [0.1, 0.15) is 0 Å². The van der Waals surface area contributed by atoms with E-state index in [4.69, 9.17) is 0 Å². The van der Waals surface area contributed by atoms with E-state index in [0.29, 0.717) is 11.7 Å². The Bertz CT molecular complexity index is 608. The Hall–Kier alpha value is -1.63. The van der Waals surface area contributed by atoms with Gasteiger partial charge in [0.05, 0.1) is 0 Å². The van der Waals surface area contributed by atoms with Crippen LogP contribution in [-0.4, -0.2) is 5.78 Å². The molecule has 0 saturated heterocycles. The van der Waals surface area contributed by atoms with Crippen LogP contribution in [0.15, 0.2) is 36.4 Å². The van der Waals surface area contributed by atoms with Crippen molar-refractivity contribution < 1.29 is 4.79 Å². The van der Waals surface area contributed by atoms with Crippen molar-refractivity contribution in [3.63, 3.8) is 0 Å². The van der Waals surface area contributed by atoms with Crippen LogP contribution in [0.25, 0.3) is 10.8 Å². The average molecular weight is 238 g/mol. The van der Waals surface area contributed by atoms with E-state index in [1.165, 1.54) is 12.8 Å². The molecule has 2 aromatic rings. The second-order valence-corrected chi connectivity index (χ2v) is 5.47. The lowest BCUT2D eigenvalue weighted by atomic mass is 9.89. The third kappa shape index (κ3) is 1.84. The molecule has 1 fully saturated rings. The minimum absolute atomic E-state index is 0.175. The number of aryl methyl sites for hydroxylation is 1. The van der Waals surface area contributed by atoms with Crippen LogP contribution in [0.2, 0.25) is 0 Å². The Kier molecular flexibility index (Phi) is 2.70. The van der Waals surface area contributed by atoms with Gasteiger partial charge in [-0.3, -0.25) is 4.79 Å². The quantitative estimate of drug-likeness (QED) is 0.725. The molecule has 1 saturated carbocycles. The maximum atomic E-state index is 12.7. The lowest BCUT2D eigenvalue weighted by molar-refractivity contribution is 0.0917. The Morgan fingerprint density at radius 3 is 2.61 bits per heavy atom. The largest absolute Gasteiger partial charge is 0.294 e. The summed E-state index contributed by atoms with van der Waals surface area (Å²) in [5, 5.41) is 2.27. The van der Waals surface area contributed by atoms with Gasteiger partial charge in [-0.25, -0.2) is 0 Å². The summed E-state index contributed by atoms with van der Waals surface area (Å²) in [6.07, 6.45) is 2.44. The van der Waals surface area contributed by atoms with E-state index in [1.807, 2.05) is 19.1 Å². The molecule has 92 valence electrons. The zero-order valence-electron chi connectivity index (χ0n) is 10.9. The molecule has 1 aliphatic rings. The van der Waals surface area contributed by atoms with Gasteiger partial charge < -0.3 is 0 Å². The lowest BCUT2D eigenvalue weighted by Crippen LogP contribution is -2.15. The molecule has 1 nitrogen and oxygen atoms in total. The molecular weight excluding hydrogens is 220 g/mol. The molecule has 1 unspecified atom stereocenters. The van der Waals surface area contributed by atoms with Crippen LogP contribution in [0, 0.1) is 18.8 Å². The molecule has 0 N–H and O–H groups in total. The fraction of sp³-hybridized carbons (Fsp3) is 0.353. The smallest absolute Gasteiger partial charge is 0.166 e. The first-order valence-electron chi connectivity index (χ1n) is 6.71. The van der Waals surface area contributed by atoms with Crippen LogP contribution in [0.4, 0.5) is 0 Å². The Labute approximate surface area is 108 Å². The molecular formula is C17H18O. The van der Waals surface area contributed by atoms with Crippen LogP contribution in [0.5, 0.6) is 0 Å². The molecule has 0 radical (unpaired) electrons. The summed E-state index contributed by atoms with van der Waals surface area (Å²) in [6.45, 7) is 4.13. The highest BCUT2D eigenvalue weighted by Gasteiger charge is 2.33. The fourth-order valence-corrected chi connectivity index (χ4v) is 2.75. The van der Waals surface area contributed by atoms with Crippen molar-refractivity contribution in [3.05, 3.63) is 47.5 Å². The number of benzene rings is 2. The zero-order valence-corrected chi connectivity index (χ0v) is 10.9. The van der Waals surface area contributed by atoms with E-state index in [-0.39, 0.29) is 5.92 Å². The maximum Gasteiger partial charge on any atom is 0.166 e. The van der Waals surface area contributed by atoms with Crippen LogP contribution in [0.1, 0.15) is 35.7 Å². The minimum Gasteiger partial charge on any atom is -0.294 e. The topological polar surface area (TPSA) is 17.1 Å². The predicted molar refractivity (Wildman–Crippen MR) is 74.9 cm³/mol. The second-order valence-electron chi connectivity index (χ2n) is 5.47. The number of hydrogen-bond donors (Lipinski definition) is 0. The van der Waals surface area contributed by atoms with Crippen molar-refractivity contribution in [2.24, 2.45) is 11.8 Å². The summed E-state index contributed by atoms with van der Waals surface area (Å²) in [5.74, 6) is 1.12. The summed E-state index contributed by atoms with van der Waals surface area (Å²) in [6, 6.07) is 12.3. The minimum atomic E-state index is 0.175. The first-order valence-corrected chi connectivity index (χ1v) is 6.71. The summed E-state index contributed by atoms with van der Waals surface area (Å²) in [5.41, 5.74) is 2.04. The van der Waals surface area contributed by atoms with E-state index in [0.717, 1.165) is 21.9 Å². The van der Waals surface area contributed by atoms with E-state index in [2.05, 4.69) is 31.2 Å². The van der Waals surface area contributed by atoms with Crippen molar-refractivity contribution in [1.29, 1.82) is 0 Å². The molecule has 1 atom stereocenters. The highest BCUT2D eigenvalue weighted by molar-refractivity contribution is 6.10. The molecule has 1 heteroatoms. The van der Waals surface area contributed by atoms with Gasteiger partial charge in [-0.15, -0.1) is 0 Å². The number of Topliss-reactive ketones (excluding diaryl/α,β-unsaturated/α-hetero) is 1. The monoisotopic (exact) mass is 238 g/mol. The van der Waals surface area contributed by atoms with Gasteiger partial charge in [0.2, 0.25) is 0 Å². The summed E-state index contributed by atoms with van der Waals surface area (Å²) < 4.78 is 0. The number of carbonyl (C=O) groups excluding carboxylic acids is 1. The van der Waals surface area contributed by atoms with Crippen molar-refractivity contribution >= 4 is 16.6 Å². The summed E-state index contributed by atoms with van der Waals surface area (Å²) >= 11 is 0. The van der Waals surface area contributed by atoms with E-state index >= 15 is 0 Å². The fourth-order valence-electron chi connectivity index (χ4n) is 2.75. The molecule has 0 aliphatic heterocycles. The Morgan fingerprint density at radius 2 is 1.89 bits per heavy atom. The first-order chi connectivity index (χ1) is 8.68. The van der Waals surface area contributed by atoms with Crippen molar-refractivity contribution in [2.75, 3.05) is 0 Å². The van der Waals surface area contributed by atoms with Gasteiger partial charge in [-0.1, -0.05) is 43.3 Å². The van der Waals surface area contributed by atoms with Gasteiger partial charge in [0.15, 0.2) is 5.78 Å². The summed E-state index contributed by atoms with van der Waals surface area (Å²) in [4.78, 5) is 12.7. The van der Waals surface area contributed by atoms with Gasteiger partial charge in [-0.2, -0.15) is 0 Å². The number of ketones is 1. The Morgan fingerprint density at radius 1 is 1.17 bits per heavy atom. The highest BCUT2D eigenvalue weighted by atomic mass is 16.1. The van der Waals surface area contributed by atoms with Crippen molar-refractivity contribution in [1.82, 2.24) is 0 Å². The zero-order chi connectivity index (χ0) is 12.7. The molecule has 0 bridgehead atoms. The highest BCUT2D eigenvalue weighted by Crippen LogP contribution is 2.39. The maximum absolute atomic E-state index is 12.7. The standard InChI is InChI=1S/C17H18O/c1-11-7-8-14-5-3-4-6-15(14)16(11)17(18)12(2)13-9-10-13/h3-8,12-13H,9-10H2,1-2H3. The van der Waals surface area contributed by atoms with E-state index in [9.17, 15) is 4.79 Å². The molecule has 0 amide bonds. The molecule has 0 spiro atoms. The number of rotatable bonds is 3. The third-order valence-electron chi connectivity index (χ3n) is 4.13. The molecule has 2 aromatic carbocycles. The molecule has 1 aliphatic carbocycles. The lowest BCUT2D eigenvalue weighted by Gasteiger charge is -2.14. The van der Waals surface area contributed by atoms with Crippen LogP contribution < -0.4 is 0 Å². The third-order valence-corrected chi connectivity index (χ3v) is 4.13. The van der Waals surface area contributed by atoms with Crippen LogP contribution >= 0.6 is 0 Å². The normalized spacial score (nSPS) is 16.8. The van der Waals surface area contributed by atoms with Crippen molar-refractivity contribution in [2.45, 2.75) is 26.7 Å². The second kappa shape index (κ2) is 4.24. The van der Waals surface area contributed by atoms with E-state index < -0.39 is 0 Å². The summed E-state index contributed by atoms with van der Waals surface area (Å²) in [7, 11) is 0. The predicted octanol–water partition coefficient (Wildman–Crippen LogP) is 4.38. The van der Waals surface area contributed by atoms with Gasteiger partial charge in [0, 0.05) is 11.5 Å². The van der Waals surface area contributed by atoms with Crippen LogP contribution in [-0.2, 0) is 0 Å². The van der Waals surface area contributed by atoms with Crippen molar-refractivity contribution in [3.8, 4) is 0 Å². The average Bonchev–Trinajstić information content (AvgIpc) is 3.21. The number of fused-ring (bicyclic) bond motifs is 1. The number of hydrogen-bond acceptors (Lipinski definition) is 1.